The fourth-order valence-corrected chi connectivity index (χ4v) is 1.79. The van der Waals surface area contributed by atoms with Gasteiger partial charge < -0.3 is 15.2 Å². The van der Waals surface area contributed by atoms with Gasteiger partial charge in [0.05, 0.1) is 17.1 Å². The highest BCUT2D eigenvalue weighted by atomic mass is 35.5. The zero-order chi connectivity index (χ0) is 11.1. The Morgan fingerprint density at radius 2 is 2.25 bits per heavy atom. The molecule has 0 bridgehead atoms. The summed E-state index contributed by atoms with van der Waals surface area (Å²) in [5, 5.41) is 4.63. The molecule has 3 rings (SSSR count). The van der Waals surface area contributed by atoms with Crippen molar-refractivity contribution in [2.24, 2.45) is 0 Å². The van der Waals surface area contributed by atoms with E-state index in [9.17, 15) is 0 Å². The molecule has 0 aliphatic heterocycles. The van der Waals surface area contributed by atoms with Crippen molar-refractivity contribution in [1.82, 2.24) is 20.1 Å². The summed E-state index contributed by atoms with van der Waals surface area (Å²) in [6, 6.07) is 0. The molecule has 3 N–H and O–H groups in total. The normalized spacial score (nSPS) is 11.1. The molecule has 0 atom stereocenters. The quantitative estimate of drug-likeness (QED) is 0.628. The van der Waals surface area contributed by atoms with Crippen molar-refractivity contribution in [1.29, 1.82) is 0 Å². The number of hydrogen-bond donors (Lipinski definition) is 2. The smallest absolute Gasteiger partial charge is 0.192 e. The highest BCUT2D eigenvalue weighted by Gasteiger charge is 2.16. The standard InChI is InChI=1S/C9H6ClN5O/c10-8-6-4(7-5(11)2-15-16-7)1-12-9(6)14-3-13-8/h1-3H,11H2,(H,12,13,14). The molecule has 80 valence electrons. The molecular weight excluding hydrogens is 230 g/mol. The SMILES string of the molecule is Nc1cnoc1-c1c[nH]c2ncnc(Cl)c12. The maximum Gasteiger partial charge on any atom is 0.192 e. The monoisotopic (exact) mass is 235 g/mol. The predicted octanol–water partition coefficient (Wildman–Crippen LogP) is 1.85. The van der Waals surface area contributed by atoms with E-state index in [0.717, 1.165) is 0 Å². The number of nitrogens with zero attached hydrogens (tertiary/aromatic N) is 3. The maximum absolute atomic E-state index is 6.00. The molecule has 0 aliphatic carbocycles. The van der Waals surface area contributed by atoms with Gasteiger partial charge in [0.1, 0.15) is 22.8 Å². The summed E-state index contributed by atoms with van der Waals surface area (Å²) in [6.45, 7) is 0. The molecule has 0 unspecified atom stereocenters. The zero-order valence-corrected chi connectivity index (χ0v) is 8.69. The first kappa shape index (κ1) is 9.17. The Hall–Kier alpha value is -2.08. The Morgan fingerprint density at radius 1 is 1.38 bits per heavy atom. The van der Waals surface area contributed by atoms with Gasteiger partial charge in [-0.05, 0) is 0 Å². The van der Waals surface area contributed by atoms with Crippen LogP contribution < -0.4 is 5.73 Å². The van der Waals surface area contributed by atoms with Crippen LogP contribution >= 0.6 is 11.6 Å². The summed E-state index contributed by atoms with van der Waals surface area (Å²) in [6.07, 6.45) is 4.53. The number of nitrogens with two attached hydrogens (primary N) is 1. The molecule has 0 saturated heterocycles. The third kappa shape index (κ3) is 1.17. The molecule has 0 fully saturated rings. The van der Waals surface area contributed by atoms with Crippen molar-refractivity contribution in [3.05, 3.63) is 23.9 Å². The van der Waals surface area contributed by atoms with Crippen molar-refractivity contribution >= 4 is 28.3 Å². The van der Waals surface area contributed by atoms with E-state index < -0.39 is 0 Å². The molecule has 0 aromatic carbocycles. The largest absolute Gasteiger partial charge is 0.394 e. The third-order valence-electron chi connectivity index (χ3n) is 2.27. The zero-order valence-electron chi connectivity index (χ0n) is 7.94. The van der Waals surface area contributed by atoms with Gasteiger partial charge in [0.2, 0.25) is 0 Å². The lowest BCUT2D eigenvalue weighted by atomic mass is 10.2. The summed E-state index contributed by atoms with van der Waals surface area (Å²) >= 11 is 6.00. The summed E-state index contributed by atoms with van der Waals surface area (Å²) < 4.78 is 5.06. The van der Waals surface area contributed by atoms with E-state index in [0.29, 0.717) is 33.2 Å². The molecule has 0 radical (unpaired) electrons. The van der Waals surface area contributed by atoms with E-state index in [1.807, 2.05) is 0 Å². The topological polar surface area (TPSA) is 93.6 Å². The summed E-state index contributed by atoms with van der Waals surface area (Å²) in [4.78, 5) is 10.9. The second-order valence-corrected chi connectivity index (χ2v) is 3.56. The van der Waals surface area contributed by atoms with Crippen molar-refractivity contribution in [2.75, 3.05) is 5.73 Å². The number of rotatable bonds is 1. The molecule has 6 nitrogen and oxygen atoms in total. The first-order chi connectivity index (χ1) is 7.77. The van der Waals surface area contributed by atoms with Gasteiger partial charge in [0, 0.05) is 6.20 Å². The first-order valence-electron chi connectivity index (χ1n) is 4.45. The van der Waals surface area contributed by atoms with E-state index in [-0.39, 0.29) is 0 Å². The average molecular weight is 236 g/mol. The highest BCUT2D eigenvalue weighted by molar-refractivity contribution is 6.35. The molecule has 0 spiro atoms. The molecule has 3 aromatic rings. The lowest BCUT2D eigenvalue weighted by Crippen LogP contribution is -1.85. The van der Waals surface area contributed by atoms with Crippen LogP contribution in [0.2, 0.25) is 5.15 Å². The lowest BCUT2D eigenvalue weighted by Gasteiger charge is -1.96. The molecule has 7 heteroatoms. The summed E-state index contributed by atoms with van der Waals surface area (Å²) in [7, 11) is 0. The van der Waals surface area contributed by atoms with E-state index in [1.54, 1.807) is 6.20 Å². The Kier molecular flexibility index (Phi) is 1.84. The Balaban J connectivity index is 2.37. The van der Waals surface area contributed by atoms with Gasteiger partial charge in [-0.15, -0.1) is 0 Å². The van der Waals surface area contributed by atoms with Crippen LogP contribution in [0.3, 0.4) is 0 Å². The molecule has 16 heavy (non-hydrogen) atoms. The van der Waals surface area contributed by atoms with E-state index in [2.05, 4.69) is 20.1 Å². The molecule has 3 aromatic heterocycles. The lowest BCUT2D eigenvalue weighted by molar-refractivity contribution is 0.433. The van der Waals surface area contributed by atoms with Crippen LogP contribution in [0.1, 0.15) is 0 Å². The van der Waals surface area contributed by atoms with Crippen LogP contribution in [0.5, 0.6) is 0 Å². The van der Waals surface area contributed by atoms with Crippen molar-refractivity contribution in [3.8, 4) is 11.3 Å². The van der Waals surface area contributed by atoms with Gasteiger partial charge in [0.15, 0.2) is 5.76 Å². The minimum Gasteiger partial charge on any atom is -0.394 e. The predicted molar refractivity (Wildman–Crippen MR) is 58.8 cm³/mol. The fourth-order valence-electron chi connectivity index (χ4n) is 1.56. The third-order valence-corrected chi connectivity index (χ3v) is 2.55. The Labute approximate surface area is 94.4 Å². The van der Waals surface area contributed by atoms with Gasteiger partial charge in [-0.2, -0.15) is 0 Å². The number of aromatic amines is 1. The van der Waals surface area contributed by atoms with Crippen molar-refractivity contribution in [2.45, 2.75) is 0 Å². The molecule has 0 saturated carbocycles. The Bertz CT molecular complexity index is 659. The van der Waals surface area contributed by atoms with Crippen LogP contribution in [0.15, 0.2) is 23.2 Å². The van der Waals surface area contributed by atoms with Crippen LogP contribution in [-0.2, 0) is 0 Å². The maximum atomic E-state index is 6.00. The van der Waals surface area contributed by atoms with Gasteiger partial charge in [-0.25, -0.2) is 9.97 Å². The van der Waals surface area contributed by atoms with Crippen LogP contribution in [0.4, 0.5) is 5.69 Å². The van der Waals surface area contributed by atoms with Gasteiger partial charge >= 0.3 is 0 Å². The number of nitrogen functional groups attached to an aromatic ring is 1. The van der Waals surface area contributed by atoms with Gasteiger partial charge in [-0.1, -0.05) is 16.8 Å². The first-order valence-corrected chi connectivity index (χ1v) is 4.83. The second kappa shape index (κ2) is 3.21. The molecule has 0 amide bonds. The molecule has 0 aliphatic rings. The number of anilines is 1. The van der Waals surface area contributed by atoms with Crippen LogP contribution in [0.25, 0.3) is 22.4 Å². The number of aromatic nitrogens is 4. The number of hydrogen-bond acceptors (Lipinski definition) is 5. The molecular formula is C9H6ClN5O. The van der Waals surface area contributed by atoms with E-state index >= 15 is 0 Å². The minimum absolute atomic E-state index is 0.344. The fraction of sp³-hybridized carbons (Fsp3) is 0. The highest BCUT2D eigenvalue weighted by Crippen LogP contribution is 2.34. The van der Waals surface area contributed by atoms with E-state index in [4.69, 9.17) is 21.9 Å². The summed E-state index contributed by atoms with van der Waals surface area (Å²) in [5.74, 6) is 0.461. The van der Waals surface area contributed by atoms with Crippen molar-refractivity contribution in [3.63, 3.8) is 0 Å². The average Bonchev–Trinajstić information content (AvgIpc) is 2.84. The Morgan fingerprint density at radius 3 is 3.00 bits per heavy atom. The van der Waals surface area contributed by atoms with Gasteiger partial charge in [0.25, 0.3) is 0 Å². The number of halogens is 1. The number of H-pyrrole nitrogens is 1. The van der Waals surface area contributed by atoms with Gasteiger partial charge in [-0.3, -0.25) is 0 Å². The van der Waals surface area contributed by atoms with E-state index in [1.165, 1.54) is 12.5 Å². The molecule has 3 heterocycles. The number of fused-ring (bicyclic) bond motifs is 1. The van der Waals surface area contributed by atoms with Crippen molar-refractivity contribution < 1.29 is 4.52 Å². The number of nitrogens with one attached hydrogen (secondary N) is 1. The second-order valence-electron chi connectivity index (χ2n) is 3.20. The summed E-state index contributed by atoms with van der Waals surface area (Å²) in [5.41, 5.74) is 7.50. The van der Waals surface area contributed by atoms with Crippen LogP contribution in [-0.4, -0.2) is 20.1 Å². The minimum atomic E-state index is 0.344. The van der Waals surface area contributed by atoms with Crippen LogP contribution in [0, 0.1) is 0 Å².